The smallest absolute Gasteiger partial charge is 0.168 e. The minimum absolute atomic E-state index is 0.570. The fraction of sp³-hybridized carbons (Fsp3) is 0. The quantitative estimate of drug-likeness (QED) is 0.349. The second kappa shape index (κ2) is 6.52. The average molecular weight is 325 g/mol. The first-order valence-electron chi connectivity index (χ1n) is 7.55. The van der Waals surface area contributed by atoms with Crippen LogP contribution in [0.3, 0.4) is 0 Å². The van der Waals surface area contributed by atoms with Gasteiger partial charge in [0, 0.05) is 18.0 Å². The summed E-state index contributed by atoms with van der Waals surface area (Å²) in [6.45, 7) is 0. The third-order valence-corrected chi connectivity index (χ3v) is 3.55. The van der Waals surface area contributed by atoms with Crippen molar-refractivity contribution >= 4 is 36.4 Å². The molecule has 0 spiro atoms. The molecule has 8 heteroatoms. The SMILES string of the molecule is [B]c1cccc(-n2ncc3c(N/N=C/c4cccnc4)ncnc32)c1. The number of fused-ring (bicyclic) bond motifs is 1. The van der Waals surface area contributed by atoms with Gasteiger partial charge in [-0.2, -0.15) is 10.2 Å². The number of benzene rings is 1. The predicted octanol–water partition coefficient (Wildman–Crippen LogP) is 1.45. The standard InChI is InChI=1S/C17H12BN7/c18-13-4-1-5-14(7-13)25-17-15(10-23-25)16(20-11-21-17)24-22-9-12-3-2-6-19-8-12/h1-11H,(H,20,21,24)/b22-9+. The van der Waals surface area contributed by atoms with Crippen LogP contribution in [0.2, 0.25) is 0 Å². The highest BCUT2D eigenvalue weighted by molar-refractivity contribution is 6.32. The molecule has 2 radical (unpaired) electrons. The molecule has 0 fully saturated rings. The zero-order chi connectivity index (χ0) is 17.1. The van der Waals surface area contributed by atoms with Crippen molar-refractivity contribution in [3.63, 3.8) is 0 Å². The molecule has 3 heterocycles. The number of hydrogen-bond donors (Lipinski definition) is 1. The van der Waals surface area contributed by atoms with Gasteiger partial charge in [0.2, 0.25) is 0 Å². The van der Waals surface area contributed by atoms with E-state index in [0.717, 1.165) is 16.6 Å². The van der Waals surface area contributed by atoms with Crippen LogP contribution in [0.15, 0.2) is 66.4 Å². The normalized spacial score (nSPS) is 11.2. The highest BCUT2D eigenvalue weighted by Crippen LogP contribution is 2.21. The highest BCUT2D eigenvalue weighted by Gasteiger charge is 2.10. The fourth-order valence-electron chi connectivity index (χ4n) is 2.40. The van der Waals surface area contributed by atoms with E-state index in [4.69, 9.17) is 7.85 Å². The van der Waals surface area contributed by atoms with Gasteiger partial charge >= 0.3 is 0 Å². The van der Waals surface area contributed by atoms with E-state index in [-0.39, 0.29) is 0 Å². The van der Waals surface area contributed by atoms with Crippen LogP contribution in [-0.2, 0) is 0 Å². The van der Waals surface area contributed by atoms with Crippen molar-refractivity contribution < 1.29 is 0 Å². The Morgan fingerprint density at radius 2 is 2.08 bits per heavy atom. The molecule has 7 nitrogen and oxygen atoms in total. The zero-order valence-electron chi connectivity index (χ0n) is 13.1. The maximum Gasteiger partial charge on any atom is 0.168 e. The van der Waals surface area contributed by atoms with Crippen molar-refractivity contribution in [1.82, 2.24) is 24.7 Å². The summed E-state index contributed by atoms with van der Waals surface area (Å²) in [7, 11) is 5.85. The van der Waals surface area contributed by atoms with E-state index in [1.165, 1.54) is 6.33 Å². The van der Waals surface area contributed by atoms with Gasteiger partial charge in [0.15, 0.2) is 11.5 Å². The lowest BCUT2D eigenvalue weighted by Gasteiger charge is -2.05. The van der Waals surface area contributed by atoms with Crippen LogP contribution in [0.25, 0.3) is 16.7 Å². The van der Waals surface area contributed by atoms with Gasteiger partial charge in [-0.3, -0.25) is 10.4 Å². The van der Waals surface area contributed by atoms with Crippen molar-refractivity contribution in [2.75, 3.05) is 5.43 Å². The fourth-order valence-corrected chi connectivity index (χ4v) is 2.40. The van der Waals surface area contributed by atoms with Crippen molar-refractivity contribution in [2.45, 2.75) is 0 Å². The molecular weight excluding hydrogens is 313 g/mol. The number of nitrogens with zero attached hydrogens (tertiary/aromatic N) is 6. The Morgan fingerprint density at radius 3 is 2.92 bits per heavy atom. The summed E-state index contributed by atoms with van der Waals surface area (Å²) in [5, 5.41) is 9.34. The third-order valence-electron chi connectivity index (χ3n) is 3.55. The van der Waals surface area contributed by atoms with E-state index < -0.39 is 0 Å². The Kier molecular flexibility index (Phi) is 3.92. The van der Waals surface area contributed by atoms with E-state index >= 15 is 0 Å². The Labute approximate surface area is 144 Å². The van der Waals surface area contributed by atoms with E-state index in [2.05, 4.69) is 30.6 Å². The molecule has 0 aliphatic heterocycles. The van der Waals surface area contributed by atoms with Crippen LogP contribution in [0, 0.1) is 0 Å². The van der Waals surface area contributed by atoms with Crippen LogP contribution in [0.5, 0.6) is 0 Å². The van der Waals surface area contributed by atoms with E-state index in [0.29, 0.717) is 16.9 Å². The number of nitrogens with one attached hydrogen (secondary N) is 1. The van der Waals surface area contributed by atoms with Gasteiger partial charge in [-0.05, 0) is 18.2 Å². The molecule has 0 bridgehead atoms. The van der Waals surface area contributed by atoms with Crippen LogP contribution >= 0.6 is 0 Å². The van der Waals surface area contributed by atoms with Gasteiger partial charge in [-0.1, -0.05) is 23.7 Å². The van der Waals surface area contributed by atoms with Gasteiger partial charge in [0.1, 0.15) is 14.2 Å². The molecule has 1 aromatic carbocycles. The summed E-state index contributed by atoms with van der Waals surface area (Å²) in [6.07, 6.45) is 8.26. The second-order valence-electron chi connectivity index (χ2n) is 5.27. The lowest BCUT2D eigenvalue weighted by Crippen LogP contribution is -2.06. The first kappa shape index (κ1) is 15.0. The lowest BCUT2D eigenvalue weighted by molar-refractivity contribution is 0.896. The molecular formula is C17H12BN7. The number of pyridine rings is 1. The minimum atomic E-state index is 0.570. The summed E-state index contributed by atoms with van der Waals surface area (Å²) in [6, 6.07) is 11.2. The van der Waals surface area contributed by atoms with Gasteiger partial charge < -0.3 is 0 Å². The van der Waals surface area contributed by atoms with E-state index in [1.807, 2.05) is 36.4 Å². The lowest BCUT2D eigenvalue weighted by atomic mass is 9.96. The number of anilines is 1. The summed E-state index contributed by atoms with van der Waals surface area (Å²) in [4.78, 5) is 12.6. The summed E-state index contributed by atoms with van der Waals surface area (Å²) >= 11 is 0. The van der Waals surface area contributed by atoms with Gasteiger partial charge in [-0.25, -0.2) is 14.6 Å². The molecule has 0 aliphatic carbocycles. The van der Waals surface area contributed by atoms with Crippen molar-refractivity contribution in [1.29, 1.82) is 0 Å². The highest BCUT2D eigenvalue weighted by atomic mass is 15.3. The molecule has 118 valence electrons. The molecule has 0 aliphatic rings. The topological polar surface area (TPSA) is 80.9 Å². The van der Waals surface area contributed by atoms with Crippen LogP contribution in [0.4, 0.5) is 5.82 Å². The molecule has 25 heavy (non-hydrogen) atoms. The van der Waals surface area contributed by atoms with Crippen molar-refractivity contribution in [3.8, 4) is 5.69 Å². The number of hydrazone groups is 1. The van der Waals surface area contributed by atoms with Crippen LogP contribution in [-0.4, -0.2) is 38.8 Å². The van der Waals surface area contributed by atoms with Crippen LogP contribution in [0.1, 0.15) is 5.56 Å². The first-order valence-corrected chi connectivity index (χ1v) is 7.55. The molecule has 4 aromatic rings. The summed E-state index contributed by atoms with van der Waals surface area (Å²) < 4.78 is 1.71. The van der Waals surface area contributed by atoms with Crippen LogP contribution < -0.4 is 10.9 Å². The van der Waals surface area contributed by atoms with Gasteiger partial charge in [0.25, 0.3) is 0 Å². The molecule has 0 saturated carbocycles. The largest absolute Gasteiger partial charge is 0.264 e. The average Bonchev–Trinajstić information content (AvgIpc) is 3.08. The Hall–Kier alpha value is -3.55. The third kappa shape index (κ3) is 3.09. The van der Waals surface area contributed by atoms with Gasteiger partial charge in [-0.15, -0.1) is 0 Å². The molecule has 3 aromatic heterocycles. The number of aromatic nitrogens is 5. The Bertz CT molecular complexity index is 1040. The van der Waals surface area contributed by atoms with Crippen molar-refractivity contribution in [3.05, 3.63) is 66.9 Å². The molecule has 0 atom stereocenters. The van der Waals surface area contributed by atoms with Gasteiger partial charge in [0.05, 0.1) is 23.5 Å². The van der Waals surface area contributed by atoms with E-state index in [9.17, 15) is 0 Å². The molecule has 4 rings (SSSR count). The predicted molar refractivity (Wildman–Crippen MR) is 97.5 cm³/mol. The molecule has 0 unspecified atom stereocenters. The summed E-state index contributed by atoms with van der Waals surface area (Å²) in [5.74, 6) is 0.570. The van der Waals surface area contributed by atoms with E-state index in [1.54, 1.807) is 29.5 Å². The molecule has 0 saturated heterocycles. The first-order chi connectivity index (χ1) is 12.3. The Morgan fingerprint density at radius 1 is 1.12 bits per heavy atom. The van der Waals surface area contributed by atoms with Crippen molar-refractivity contribution in [2.24, 2.45) is 5.10 Å². The maximum atomic E-state index is 5.85. The molecule has 1 N–H and O–H groups in total. The summed E-state index contributed by atoms with van der Waals surface area (Å²) in [5.41, 5.74) is 5.97. The number of rotatable bonds is 4. The maximum absolute atomic E-state index is 5.85. The molecule has 0 amide bonds. The zero-order valence-corrected chi connectivity index (χ0v) is 13.1. The second-order valence-corrected chi connectivity index (χ2v) is 5.27. The number of hydrogen-bond acceptors (Lipinski definition) is 6. The monoisotopic (exact) mass is 325 g/mol. The minimum Gasteiger partial charge on any atom is -0.264 e. The Balaban J connectivity index is 1.66.